The maximum atomic E-state index is 3.96. The standard InChI is InChI=1S/C12H14N2.C10H8N2.CH3.V/c1-13-7-3-11(4-8-13)12-5-9-14(2)10-6-12;1-5-11-6-2-9(1)10-3-7-12-8-4-10;;/h3-10H,1-2H3;1-8H;1H3;/q+2;;-1;+2. The second-order valence-electron chi connectivity index (χ2n) is 5.98. The third kappa shape index (κ3) is 6.73. The van der Waals surface area contributed by atoms with E-state index in [1.807, 2.05) is 47.5 Å². The van der Waals surface area contributed by atoms with E-state index in [0.717, 1.165) is 0 Å². The van der Waals surface area contributed by atoms with E-state index in [4.69, 9.17) is 0 Å². The van der Waals surface area contributed by atoms with Gasteiger partial charge in [0.25, 0.3) is 0 Å². The molecule has 0 aliphatic heterocycles. The molecule has 0 atom stereocenters. The van der Waals surface area contributed by atoms with E-state index in [2.05, 4.69) is 59.0 Å². The quantitative estimate of drug-likeness (QED) is 0.375. The fourth-order valence-corrected chi connectivity index (χ4v) is 2.48. The van der Waals surface area contributed by atoms with Crippen molar-refractivity contribution < 1.29 is 27.7 Å². The van der Waals surface area contributed by atoms with Gasteiger partial charge < -0.3 is 7.43 Å². The number of hydrogen-bond acceptors (Lipinski definition) is 2. The number of aryl methyl sites for hydroxylation is 2. The normalized spacial score (nSPS) is 9.21. The molecule has 0 aliphatic carbocycles. The SMILES string of the molecule is C[n+]1ccc(-c2cc[n+](C)cc2)cc1.[CH3-].[V+2].c1cc(-c2ccncc2)ccn1. The molecule has 0 aliphatic rings. The average Bonchev–Trinajstić information content (AvgIpc) is 2.71. The van der Waals surface area contributed by atoms with E-state index < -0.39 is 0 Å². The molecule has 4 nitrogen and oxygen atoms in total. The molecule has 28 heavy (non-hydrogen) atoms. The van der Waals surface area contributed by atoms with Crippen LogP contribution in [0.4, 0.5) is 0 Å². The van der Waals surface area contributed by atoms with Gasteiger partial charge in [-0.15, -0.1) is 0 Å². The molecule has 0 aromatic carbocycles. The summed E-state index contributed by atoms with van der Waals surface area (Å²) < 4.78 is 4.07. The van der Waals surface area contributed by atoms with Crippen LogP contribution < -0.4 is 9.13 Å². The van der Waals surface area contributed by atoms with Gasteiger partial charge in [-0.2, -0.15) is 0 Å². The molecule has 4 aromatic heterocycles. The van der Waals surface area contributed by atoms with Gasteiger partial charge in [-0.3, -0.25) is 9.97 Å². The average molecular weight is 408 g/mol. The number of pyridine rings is 4. The van der Waals surface area contributed by atoms with Crippen molar-refractivity contribution in [3.05, 3.63) is 106 Å². The second-order valence-corrected chi connectivity index (χ2v) is 5.98. The molecule has 4 heterocycles. The van der Waals surface area contributed by atoms with Crippen LogP contribution in [0.25, 0.3) is 22.3 Å². The van der Waals surface area contributed by atoms with Crippen molar-refractivity contribution in [2.45, 2.75) is 0 Å². The molecule has 139 valence electrons. The van der Waals surface area contributed by atoms with Crippen LogP contribution in [-0.4, -0.2) is 9.97 Å². The van der Waals surface area contributed by atoms with Gasteiger partial charge in [0.1, 0.15) is 14.1 Å². The Labute approximate surface area is 179 Å². The summed E-state index contributed by atoms with van der Waals surface area (Å²) in [6, 6.07) is 16.4. The van der Waals surface area contributed by atoms with E-state index >= 15 is 0 Å². The van der Waals surface area contributed by atoms with E-state index in [1.165, 1.54) is 22.3 Å². The van der Waals surface area contributed by atoms with Crippen molar-refractivity contribution >= 4 is 0 Å². The van der Waals surface area contributed by atoms with Crippen molar-refractivity contribution in [2.24, 2.45) is 14.1 Å². The van der Waals surface area contributed by atoms with Crippen LogP contribution in [0.1, 0.15) is 0 Å². The molecule has 5 heteroatoms. The number of nitrogens with zero attached hydrogens (tertiary/aromatic N) is 4. The molecule has 0 N–H and O–H groups in total. The number of hydrogen-bond donors (Lipinski definition) is 0. The van der Waals surface area contributed by atoms with E-state index in [9.17, 15) is 0 Å². The maximum absolute atomic E-state index is 3.96. The first kappa shape index (κ1) is 23.2. The Hall–Kier alpha value is -2.82. The monoisotopic (exact) mass is 408 g/mol. The summed E-state index contributed by atoms with van der Waals surface area (Å²) in [6.07, 6.45) is 15.4. The number of aromatic nitrogens is 4. The zero-order valence-electron chi connectivity index (χ0n) is 16.5. The van der Waals surface area contributed by atoms with Crippen LogP contribution >= 0.6 is 0 Å². The van der Waals surface area contributed by atoms with Gasteiger partial charge in [-0.1, -0.05) is 0 Å². The van der Waals surface area contributed by atoms with E-state index in [-0.39, 0.29) is 26.0 Å². The topological polar surface area (TPSA) is 33.5 Å². The predicted molar refractivity (Wildman–Crippen MR) is 108 cm³/mol. The minimum Gasteiger partial charge on any atom is -0.358 e. The summed E-state index contributed by atoms with van der Waals surface area (Å²) >= 11 is 0. The van der Waals surface area contributed by atoms with Crippen LogP contribution in [0.15, 0.2) is 98.1 Å². The Morgan fingerprint density at radius 2 is 0.750 bits per heavy atom. The minimum absolute atomic E-state index is 0. The second kappa shape index (κ2) is 11.8. The molecule has 0 bridgehead atoms. The molecule has 0 spiro atoms. The summed E-state index contributed by atoms with van der Waals surface area (Å²) in [5, 5.41) is 0. The molecule has 4 aromatic rings. The Morgan fingerprint density at radius 3 is 1.04 bits per heavy atom. The fraction of sp³-hybridized carbons (Fsp3) is 0.0870. The summed E-state index contributed by atoms with van der Waals surface area (Å²) in [7, 11) is 4.05. The van der Waals surface area contributed by atoms with E-state index in [1.54, 1.807) is 24.8 Å². The van der Waals surface area contributed by atoms with E-state index in [0.29, 0.717) is 0 Å². The Balaban J connectivity index is 0.000000264. The minimum atomic E-state index is 0. The molecular formula is C23H25N4V+3. The first-order valence-electron chi connectivity index (χ1n) is 8.44. The molecule has 1 radical (unpaired) electrons. The van der Waals surface area contributed by atoms with Crippen molar-refractivity contribution in [1.29, 1.82) is 0 Å². The summed E-state index contributed by atoms with van der Waals surface area (Å²) in [6.45, 7) is 0. The predicted octanol–water partition coefficient (Wildman–Crippen LogP) is 3.59. The Bertz CT molecular complexity index is 845. The Morgan fingerprint density at radius 1 is 0.500 bits per heavy atom. The summed E-state index contributed by atoms with van der Waals surface area (Å²) in [4.78, 5) is 7.91. The largest absolute Gasteiger partial charge is 2.00 e. The first-order valence-corrected chi connectivity index (χ1v) is 8.44. The van der Waals surface area contributed by atoms with Gasteiger partial charge in [-0.25, -0.2) is 9.13 Å². The molecule has 0 saturated heterocycles. The summed E-state index contributed by atoms with van der Waals surface area (Å²) in [5.74, 6) is 0. The van der Waals surface area contributed by atoms with Gasteiger partial charge in [0.2, 0.25) is 0 Å². The van der Waals surface area contributed by atoms with Crippen molar-refractivity contribution in [1.82, 2.24) is 9.97 Å². The molecule has 0 amide bonds. The first-order chi connectivity index (χ1) is 12.7. The number of rotatable bonds is 2. The van der Waals surface area contributed by atoms with Crippen molar-refractivity contribution in [2.75, 3.05) is 0 Å². The van der Waals surface area contributed by atoms with Crippen LogP contribution in [0.3, 0.4) is 0 Å². The Kier molecular flexibility index (Phi) is 9.79. The van der Waals surface area contributed by atoms with Crippen LogP contribution in [0.2, 0.25) is 0 Å². The molecule has 0 unspecified atom stereocenters. The van der Waals surface area contributed by atoms with Crippen LogP contribution in [0.5, 0.6) is 0 Å². The van der Waals surface area contributed by atoms with Gasteiger partial charge in [0, 0.05) is 49.1 Å². The van der Waals surface area contributed by atoms with Gasteiger partial charge in [-0.05, 0) is 46.5 Å². The van der Waals surface area contributed by atoms with Gasteiger partial charge in [0.15, 0.2) is 24.8 Å². The summed E-state index contributed by atoms with van der Waals surface area (Å²) in [5.41, 5.74) is 4.85. The molecule has 0 saturated carbocycles. The molecule has 0 fully saturated rings. The van der Waals surface area contributed by atoms with Crippen LogP contribution in [-0.2, 0) is 32.7 Å². The fourth-order valence-electron chi connectivity index (χ4n) is 2.48. The third-order valence-electron chi connectivity index (χ3n) is 3.98. The van der Waals surface area contributed by atoms with Gasteiger partial charge in [0.05, 0.1) is 0 Å². The van der Waals surface area contributed by atoms with Gasteiger partial charge >= 0.3 is 18.6 Å². The zero-order chi connectivity index (χ0) is 18.2. The zero-order valence-corrected chi connectivity index (χ0v) is 17.9. The molecule has 4 rings (SSSR count). The van der Waals surface area contributed by atoms with Crippen LogP contribution in [0, 0.1) is 7.43 Å². The molecular weight excluding hydrogens is 383 g/mol. The van der Waals surface area contributed by atoms with Crippen molar-refractivity contribution in [3.63, 3.8) is 0 Å². The third-order valence-corrected chi connectivity index (χ3v) is 3.98. The smallest absolute Gasteiger partial charge is 0.358 e. The maximum Gasteiger partial charge on any atom is 2.00 e. The van der Waals surface area contributed by atoms with Crippen molar-refractivity contribution in [3.8, 4) is 22.3 Å².